The summed E-state index contributed by atoms with van der Waals surface area (Å²) in [7, 11) is 1.70. The zero-order valence-corrected chi connectivity index (χ0v) is 26.4. The Kier molecular flexibility index (Phi) is 8.65. The fraction of sp³-hybridized carbons (Fsp3) is 0.364. The highest BCUT2D eigenvalue weighted by atomic mass is 35.5. The molecule has 228 valence electrons. The van der Waals surface area contributed by atoms with Crippen LogP contribution in [0.5, 0.6) is 5.75 Å². The van der Waals surface area contributed by atoms with E-state index in [0.29, 0.717) is 11.1 Å². The summed E-state index contributed by atoms with van der Waals surface area (Å²) in [5.74, 6) is 1.69. The molecule has 0 radical (unpaired) electrons. The second kappa shape index (κ2) is 13.1. The molecule has 5 aromatic rings. The summed E-state index contributed by atoms with van der Waals surface area (Å²) in [6, 6.07) is 17.3. The number of benzene rings is 2. The van der Waals surface area contributed by atoms with E-state index in [0.717, 1.165) is 99.2 Å². The minimum Gasteiger partial charge on any atom is -0.497 e. The number of thiazole rings is 1. The highest BCUT2D eigenvalue weighted by Gasteiger charge is 2.23. The number of methoxy groups -OCH3 is 1. The number of fused-ring (bicyclic) bond motifs is 1. The van der Waals surface area contributed by atoms with Crippen LogP contribution >= 0.6 is 22.9 Å². The Labute approximate surface area is 266 Å². The lowest BCUT2D eigenvalue weighted by Crippen LogP contribution is -2.46. The number of rotatable bonds is 9. The maximum Gasteiger partial charge on any atom is 0.159 e. The molecule has 0 amide bonds. The van der Waals surface area contributed by atoms with Crippen LogP contribution in [-0.4, -0.2) is 82.2 Å². The Morgan fingerprint density at radius 2 is 1.68 bits per heavy atom. The number of piperidine rings is 1. The number of anilines is 2. The first-order valence-corrected chi connectivity index (χ1v) is 16.5. The number of nitrogens with one attached hydrogen (secondary N) is 2. The van der Waals surface area contributed by atoms with Crippen LogP contribution in [0.15, 0.2) is 65.6 Å². The van der Waals surface area contributed by atoms with E-state index in [1.165, 1.54) is 16.9 Å². The van der Waals surface area contributed by atoms with E-state index in [1.54, 1.807) is 24.6 Å². The SMILES string of the molecule is COc1ccc(CN2CCC(Nc3c(Cl)cnc4[nH]c(-c5ccc(N6CCN(Cc7cscn7)CC6)cc5)nc34)CC2)cc1. The molecule has 2 fully saturated rings. The maximum atomic E-state index is 6.68. The normalized spacial score (nSPS) is 16.9. The van der Waals surface area contributed by atoms with E-state index in [2.05, 4.69) is 76.7 Å². The monoisotopic (exact) mass is 628 g/mol. The van der Waals surface area contributed by atoms with Crippen LogP contribution in [0, 0.1) is 0 Å². The lowest BCUT2D eigenvalue weighted by Gasteiger charge is -2.35. The van der Waals surface area contributed by atoms with Gasteiger partial charge in [-0.1, -0.05) is 23.7 Å². The smallest absolute Gasteiger partial charge is 0.159 e. The first-order chi connectivity index (χ1) is 21.6. The van der Waals surface area contributed by atoms with Crippen LogP contribution < -0.4 is 15.0 Å². The van der Waals surface area contributed by atoms with E-state index in [1.807, 2.05) is 17.6 Å². The van der Waals surface area contributed by atoms with Gasteiger partial charge in [-0.2, -0.15) is 0 Å². The van der Waals surface area contributed by atoms with Crippen LogP contribution in [0.4, 0.5) is 11.4 Å². The third kappa shape index (κ3) is 6.53. The molecule has 2 saturated heterocycles. The molecule has 0 bridgehead atoms. The first kappa shape index (κ1) is 29.0. The number of hydrogen-bond acceptors (Lipinski definition) is 9. The number of H-pyrrole nitrogens is 1. The summed E-state index contributed by atoms with van der Waals surface area (Å²) >= 11 is 8.35. The second-order valence-electron chi connectivity index (χ2n) is 11.6. The summed E-state index contributed by atoms with van der Waals surface area (Å²) in [6.45, 7) is 8.00. The van der Waals surface area contributed by atoms with Crippen LogP contribution in [0.2, 0.25) is 5.02 Å². The van der Waals surface area contributed by atoms with Gasteiger partial charge in [-0.15, -0.1) is 11.3 Å². The van der Waals surface area contributed by atoms with Crippen molar-refractivity contribution >= 4 is 45.5 Å². The third-order valence-corrected chi connectivity index (χ3v) is 9.64. The molecular formula is C33H37ClN8OS. The Morgan fingerprint density at radius 1 is 0.932 bits per heavy atom. The fourth-order valence-electron chi connectivity index (χ4n) is 6.17. The van der Waals surface area contributed by atoms with Gasteiger partial charge in [-0.25, -0.2) is 15.0 Å². The number of piperazine rings is 1. The predicted octanol–water partition coefficient (Wildman–Crippen LogP) is 6.14. The molecule has 0 spiro atoms. The standard InChI is InChI=1S/C33H37ClN8OS/c1-43-28-8-2-23(3-9-28)19-40-12-10-25(11-13-40)37-30-29(34)18-35-33-31(30)38-32(39-33)24-4-6-27(7-5-24)42-16-14-41(15-17-42)20-26-21-44-22-36-26/h2-9,18,21-22,25H,10-17,19-20H2,1H3,(H2,35,37,38,39). The zero-order chi connectivity index (χ0) is 29.9. The molecule has 3 aromatic heterocycles. The quantitative estimate of drug-likeness (QED) is 0.201. The van der Waals surface area contributed by atoms with E-state index < -0.39 is 0 Å². The van der Waals surface area contributed by atoms with Gasteiger partial charge in [0, 0.05) is 75.0 Å². The van der Waals surface area contributed by atoms with Crippen molar-refractivity contribution in [1.82, 2.24) is 29.7 Å². The van der Waals surface area contributed by atoms with Crippen molar-refractivity contribution in [3.63, 3.8) is 0 Å². The maximum absolute atomic E-state index is 6.68. The van der Waals surface area contributed by atoms with Crippen molar-refractivity contribution in [2.75, 3.05) is 56.6 Å². The molecule has 0 saturated carbocycles. The second-order valence-corrected chi connectivity index (χ2v) is 12.7. The molecule has 9 nitrogen and oxygen atoms in total. The van der Waals surface area contributed by atoms with E-state index >= 15 is 0 Å². The Morgan fingerprint density at radius 3 is 2.39 bits per heavy atom. The number of nitrogens with zero attached hydrogens (tertiary/aromatic N) is 6. The van der Waals surface area contributed by atoms with Crippen molar-refractivity contribution in [1.29, 1.82) is 0 Å². The largest absolute Gasteiger partial charge is 0.497 e. The summed E-state index contributed by atoms with van der Waals surface area (Å²) in [5.41, 5.74) is 9.03. The number of pyridine rings is 1. The first-order valence-electron chi connectivity index (χ1n) is 15.2. The van der Waals surface area contributed by atoms with E-state index in [4.69, 9.17) is 21.3 Å². The molecule has 2 N–H and O–H groups in total. The van der Waals surface area contributed by atoms with Gasteiger partial charge in [-0.05, 0) is 54.8 Å². The highest BCUT2D eigenvalue weighted by Crippen LogP contribution is 2.33. The Balaban J connectivity index is 0.975. The lowest BCUT2D eigenvalue weighted by atomic mass is 10.0. The summed E-state index contributed by atoms with van der Waals surface area (Å²) in [6.07, 6.45) is 3.78. The van der Waals surface area contributed by atoms with E-state index in [-0.39, 0.29) is 0 Å². The zero-order valence-electron chi connectivity index (χ0n) is 24.9. The van der Waals surface area contributed by atoms with Gasteiger partial charge in [0.1, 0.15) is 17.1 Å². The molecule has 2 aromatic carbocycles. The molecular weight excluding hydrogens is 592 g/mol. The van der Waals surface area contributed by atoms with Crippen LogP contribution in [0.3, 0.4) is 0 Å². The number of halogens is 1. The number of ether oxygens (including phenoxy) is 1. The van der Waals surface area contributed by atoms with Gasteiger partial charge >= 0.3 is 0 Å². The average molecular weight is 629 g/mol. The number of hydrogen-bond donors (Lipinski definition) is 2. The van der Waals surface area contributed by atoms with Crippen molar-refractivity contribution < 1.29 is 4.74 Å². The van der Waals surface area contributed by atoms with Crippen molar-refractivity contribution in [3.8, 4) is 17.1 Å². The summed E-state index contributed by atoms with van der Waals surface area (Å²) in [5, 5.41) is 6.45. The molecule has 2 aliphatic heterocycles. The molecule has 44 heavy (non-hydrogen) atoms. The Hall–Kier alpha value is -3.70. The fourth-order valence-corrected chi connectivity index (χ4v) is 6.91. The lowest BCUT2D eigenvalue weighted by molar-refractivity contribution is 0.211. The summed E-state index contributed by atoms with van der Waals surface area (Å²) < 4.78 is 5.29. The molecule has 2 aliphatic rings. The van der Waals surface area contributed by atoms with Gasteiger partial charge in [0.2, 0.25) is 0 Å². The van der Waals surface area contributed by atoms with Crippen LogP contribution in [0.25, 0.3) is 22.6 Å². The van der Waals surface area contributed by atoms with Gasteiger partial charge < -0.3 is 19.9 Å². The number of likely N-dealkylation sites (tertiary alicyclic amines) is 1. The van der Waals surface area contributed by atoms with Crippen LogP contribution in [-0.2, 0) is 13.1 Å². The molecule has 7 rings (SSSR count). The molecule has 11 heteroatoms. The average Bonchev–Trinajstić information content (AvgIpc) is 3.75. The number of imidazole rings is 1. The van der Waals surface area contributed by atoms with Gasteiger partial charge in [0.25, 0.3) is 0 Å². The van der Waals surface area contributed by atoms with Gasteiger partial charge in [-0.3, -0.25) is 9.80 Å². The van der Waals surface area contributed by atoms with Gasteiger partial charge in [0.15, 0.2) is 5.65 Å². The molecule has 0 unspecified atom stereocenters. The highest BCUT2D eigenvalue weighted by molar-refractivity contribution is 7.07. The van der Waals surface area contributed by atoms with E-state index in [9.17, 15) is 0 Å². The van der Waals surface area contributed by atoms with Crippen molar-refractivity contribution in [3.05, 3.63) is 81.9 Å². The Bertz CT molecular complexity index is 1660. The molecule has 0 aliphatic carbocycles. The third-order valence-electron chi connectivity index (χ3n) is 8.72. The van der Waals surface area contributed by atoms with Gasteiger partial charge in [0.05, 0.1) is 35.2 Å². The number of aromatic amines is 1. The minimum atomic E-state index is 0.326. The minimum absolute atomic E-state index is 0.326. The molecule has 0 atom stereocenters. The predicted molar refractivity (Wildman–Crippen MR) is 179 cm³/mol. The van der Waals surface area contributed by atoms with Crippen molar-refractivity contribution in [2.24, 2.45) is 0 Å². The summed E-state index contributed by atoms with van der Waals surface area (Å²) in [4.78, 5) is 24.8. The number of aromatic nitrogens is 4. The topological polar surface area (TPSA) is 85.4 Å². The van der Waals surface area contributed by atoms with Crippen molar-refractivity contribution in [2.45, 2.75) is 32.0 Å². The van der Waals surface area contributed by atoms with Crippen LogP contribution in [0.1, 0.15) is 24.1 Å². The molecule has 5 heterocycles.